The first-order valence-electron chi connectivity index (χ1n) is 6.56. The maximum atomic E-state index is 6.21. The van der Waals surface area contributed by atoms with Gasteiger partial charge in [-0.3, -0.25) is 4.98 Å². The van der Waals surface area contributed by atoms with E-state index in [0.29, 0.717) is 11.6 Å². The van der Waals surface area contributed by atoms with Crippen molar-refractivity contribution in [2.45, 2.75) is 25.5 Å². The van der Waals surface area contributed by atoms with Crippen LogP contribution in [-0.2, 0) is 4.74 Å². The van der Waals surface area contributed by atoms with Gasteiger partial charge in [-0.1, -0.05) is 11.6 Å². The van der Waals surface area contributed by atoms with Crippen molar-refractivity contribution in [1.29, 1.82) is 0 Å². The molecule has 0 saturated carbocycles. The highest BCUT2D eigenvalue weighted by atomic mass is 35.5. The third-order valence-corrected chi connectivity index (χ3v) is 4.14. The number of nitrogens with zero attached hydrogens (tertiary/aromatic N) is 1. The van der Waals surface area contributed by atoms with E-state index in [1.807, 2.05) is 38.1 Å². The molecule has 0 amide bonds. The van der Waals surface area contributed by atoms with E-state index in [9.17, 15) is 0 Å². The molecule has 4 nitrogen and oxygen atoms in total. The summed E-state index contributed by atoms with van der Waals surface area (Å²) in [6.45, 7) is 4.47. The van der Waals surface area contributed by atoms with E-state index in [2.05, 4.69) is 10.3 Å². The molecule has 0 aliphatic carbocycles. The summed E-state index contributed by atoms with van der Waals surface area (Å²) >= 11 is 6.21. The number of rotatable bonds is 5. The van der Waals surface area contributed by atoms with Gasteiger partial charge in [-0.15, -0.1) is 0 Å². The van der Waals surface area contributed by atoms with E-state index >= 15 is 0 Å². The second kappa shape index (κ2) is 5.95. The molecule has 2 rings (SSSR count). The highest BCUT2D eigenvalue weighted by molar-refractivity contribution is 6.35. The molecule has 0 bridgehead atoms. The van der Waals surface area contributed by atoms with Crippen molar-refractivity contribution in [2.24, 2.45) is 5.73 Å². The van der Waals surface area contributed by atoms with Gasteiger partial charge >= 0.3 is 0 Å². The number of ether oxygens (including phenoxy) is 1. The van der Waals surface area contributed by atoms with Crippen LogP contribution in [0.4, 0.5) is 5.69 Å². The Labute approximate surface area is 124 Å². The number of hydrogen-bond acceptors (Lipinski definition) is 4. The Morgan fingerprint density at radius 3 is 2.85 bits per heavy atom. The van der Waals surface area contributed by atoms with Gasteiger partial charge in [-0.25, -0.2) is 0 Å². The van der Waals surface area contributed by atoms with E-state index < -0.39 is 0 Å². The molecule has 5 heteroatoms. The fourth-order valence-corrected chi connectivity index (χ4v) is 2.34. The maximum Gasteiger partial charge on any atom is 0.0948 e. The monoisotopic (exact) mass is 293 g/mol. The van der Waals surface area contributed by atoms with E-state index in [4.69, 9.17) is 22.1 Å². The van der Waals surface area contributed by atoms with Crippen LogP contribution in [0.3, 0.4) is 0 Å². The molecule has 1 aromatic carbocycles. The summed E-state index contributed by atoms with van der Waals surface area (Å²) in [6, 6.07) is 7.61. The van der Waals surface area contributed by atoms with Gasteiger partial charge in [0.1, 0.15) is 0 Å². The Balaban J connectivity index is 2.46. The Bertz CT molecular complexity index is 605. The number of methoxy groups -OCH3 is 1. The third kappa shape index (κ3) is 2.73. The second-order valence-electron chi connectivity index (χ2n) is 5.12. The summed E-state index contributed by atoms with van der Waals surface area (Å²) in [5.41, 5.74) is 7.28. The number of aromatic nitrogens is 1. The molecule has 108 valence electrons. The Morgan fingerprint density at radius 1 is 1.45 bits per heavy atom. The SMILES string of the molecule is COC(C)C(C)(CN)Nc1ccc(Cl)c2cccnc12. The van der Waals surface area contributed by atoms with E-state index in [1.54, 1.807) is 13.3 Å². The van der Waals surface area contributed by atoms with Crippen molar-refractivity contribution in [3.63, 3.8) is 0 Å². The lowest BCUT2D eigenvalue weighted by Crippen LogP contribution is -2.52. The third-order valence-electron chi connectivity index (χ3n) is 3.81. The molecular weight excluding hydrogens is 274 g/mol. The number of hydrogen-bond donors (Lipinski definition) is 2. The molecule has 20 heavy (non-hydrogen) atoms. The van der Waals surface area contributed by atoms with Gasteiger partial charge in [-0.2, -0.15) is 0 Å². The molecule has 2 unspecified atom stereocenters. The number of nitrogens with one attached hydrogen (secondary N) is 1. The van der Waals surface area contributed by atoms with Crippen molar-refractivity contribution >= 4 is 28.2 Å². The fourth-order valence-electron chi connectivity index (χ4n) is 2.13. The van der Waals surface area contributed by atoms with Crippen molar-refractivity contribution in [2.75, 3.05) is 19.0 Å². The molecule has 0 fully saturated rings. The van der Waals surface area contributed by atoms with Gasteiger partial charge in [0.25, 0.3) is 0 Å². The number of nitrogens with two attached hydrogens (primary N) is 1. The summed E-state index contributed by atoms with van der Waals surface area (Å²) in [7, 11) is 1.68. The largest absolute Gasteiger partial charge is 0.379 e. The smallest absolute Gasteiger partial charge is 0.0948 e. The van der Waals surface area contributed by atoms with E-state index in [-0.39, 0.29) is 11.6 Å². The molecule has 2 aromatic rings. The first-order valence-corrected chi connectivity index (χ1v) is 6.94. The zero-order chi connectivity index (χ0) is 14.8. The highest BCUT2D eigenvalue weighted by Gasteiger charge is 2.30. The highest BCUT2D eigenvalue weighted by Crippen LogP contribution is 2.30. The minimum absolute atomic E-state index is 0.0399. The number of anilines is 1. The van der Waals surface area contributed by atoms with Gasteiger partial charge in [0.2, 0.25) is 0 Å². The van der Waals surface area contributed by atoms with Gasteiger partial charge in [0, 0.05) is 25.2 Å². The van der Waals surface area contributed by atoms with Crippen LogP contribution in [0.2, 0.25) is 5.02 Å². The van der Waals surface area contributed by atoms with Crippen LogP contribution in [0, 0.1) is 0 Å². The lowest BCUT2D eigenvalue weighted by Gasteiger charge is -2.35. The first kappa shape index (κ1) is 15.0. The van der Waals surface area contributed by atoms with Gasteiger partial charge in [-0.05, 0) is 38.1 Å². The van der Waals surface area contributed by atoms with Crippen LogP contribution in [0.25, 0.3) is 10.9 Å². The average Bonchev–Trinajstić information content (AvgIpc) is 2.49. The Kier molecular flexibility index (Phi) is 4.48. The van der Waals surface area contributed by atoms with Gasteiger partial charge < -0.3 is 15.8 Å². The van der Waals surface area contributed by atoms with Crippen LogP contribution in [0.5, 0.6) is 0 Å². The zero-order valence-electron chi connectivity index (χ0n) is 12.0. The first-order chi connectivity index (χ1) is 9.51. The minimum Gasteiger partial charge on any atom is -0.379 e. The van der Waals surface area contributed by atoms with Crippen LogP contribution >= 0.6 is 11.6 Å². The van der Waals surface area contributed by atoms with Crippen LogP contribution in [0.15, 0.2) is 30.5 Å². The van der Waals surface area contributed by atoms with Crippen LogP contribution < -0.4 is 11.1 Å². The Hall–Kier alpha value is -1.36. The van der Waals surface area contributed by atoms with E-state index in [1.165, 1.54) is 0 Å². The number of pyridine rings is 1. The molecule has 0 aliphatic heterocycles. The Morgan fingerprint density at radius 2 is 2.20 bits per heavy atom. The summed E-state index contributed by atoms with van der Waals surface area (Å²) in [4.78, 5) is 4.42. The molecule has 3 N–H and O–H groups in total. The second-order valence-corrected chi connectivity index (χ2v) is 5.53. The predicted molar refractivity (Wildman–Crippen MR) is 84.3 cm³/mol. The molecule has 0 spiro atoms. The van der Waals surface area contributed by atoms with Gasteiger partial charge in [0.05, 0.1) is 27.9 Å². The summed E-state index contributed by atoms with van der Waals surface area (Å²) in [5.74, 6) is 0. The topological polar surface area (TPSA) is 60.2 Å². The number of halogens is 1. The minimum atomic E-state index is -0.382. The van der Waals surface area contributed by atoms with E-state index in [0.717, 1.165) is 16.6 Å². The zero-order valence-corrected chi connectivity index (χ0v) is 12.7. The van der Waals surface area contributed by atoms with Crippen molar-refractivity contribution in [3.8, 4) is 0 Å². The molecule has 1 aromatic heterocycles. The van der Waals surface area contributed by atoms with Gasteiger partial charge in [0.15, 0.2) is 0 Å². The number of fused-ring (bicyclic) bond motifs is 1. The summed E-state index contributed by atoms with van der Waals surface area (Å²) in [5, 5.41) is 5.06. The molecule has 1 heterocycles. The molecule has 0 radical (unpaired) electrons. The molecule has 0 aliphatic rings. The van der Waals surface area contributed by atoms with Crippen LogP contribution in [0.1, 0.15) is 13.8 Å². The van der Waals surface area contributed by atoms with Crippen molar-refractivity contribution in [3.05, 3.63) is 35.5 Å². The standard InChI is InChI=1S/C15H20ClN3O/c1-10(20-3)15(2,9-17)19-13-7-6-12(16)11-5-4-8-18-14(11)13/h4-8,10,19H,9,17H2,1-3H3. The fraction of sp³-hybridized carbons (Fsp3) is 0.400. The maximum absolute atomic E-state index is 6.21. The lowest BCUT2D eigenvalue weighted by molar-refractivity contribution is 0.0689. The van der Waals surface area contributed by atoms with Crippen LogP contribution in [-0.4, -0.2) is 30.3 Å². The van der Waals surface area contributed by atoms with Crippen molar-refractivity contribution < 1.29 is 4.74 Å². The molecule has 0 saturated heterocycles. The predicted octanol–water partition coefficient (Wildman–Crippen LogP) is 3.05. The molecule has 2 atom stereocenters. The number of benzene rings is 1. The van der Waals surface area contributed by atoms with Crippen molar-refractivity contribution in [1.82, 2.24) is 4.98 Å². The lowest BCUT2D eigenvalue weighted by atomic mass is 9.95. The average molecular weight is 294 g/mol. The summed E-state index contributed by atoms with van der Waals surface area (Å²) < 4.78 is 5.43. The normalized spacial score (nSPS) is 15.8. The molecular formula is C15H20ClN3O. The summed E-state index contributed by atoms with van der Waals surface area (Å²) in [6.07, 6.45) is 1.71. The quantitative estimate of drug-likeness (QED) is 0.889.